The van der Waals surface area contributed by atoms with Crippen molar-refractivity contribution in [3.8, 4) is 0 Å². The Morgan fingerprint density at radius 2 is 1.68 bits per heavy atom. The number of carbonyl (C=O) groups is 2. The molecule has 4 rings (SSSR count). The fraction of sp³-hybridized carbons (Fsp3) is 0.357. The lowest BCUT2D eigenvalue weighted by atomic mass is 10.1. The van der Waals surface area contributed by atoms with E-state index in [0.29, 0.717) is 26.7 Å². The maximum Gasteiger partial charge on any atom is 0.244 e. The topological polar surface area (TPSA) is 86.8 Å². The molecule has 0 spiro atoms. The highest BCUT2D eigenvalue weighted by molar-refractivity contribution is 7.92. The summed E-state index contributed by atoms with van der Waals surface area (Å²) in [6.07, 6.45) is 4.99. The molecule has 3 aromatic carbocycles. The average Bonchev–Trinajstić information content (AvgIpc) is 3.39. The fourth-order valence-corrected chi connectivity index (χ4v) is 6.01. The van der Waals surface area contributed by atoms with E-state index in [0.717, 1.165) is 41.6 Å². The molecule has 0 aromatic heterocycles. The van der Waals surface area contributed by atoms with Crippen molar-refractivity contribution in [3.05, 3.63) is 76.3 Å². The van der Waals surface area contributed by atoms with Gasteiger partial charge in [-0.05, 0) is 48.9 Å². The number of hydrogen-bond acceptors (Lipinski definition) is 4. The first kappa shape index (κ1) is 28.2. The van der Waals surface area contributed by atoms with Gasteiger partial charge in [0.2, 0.25) is 21.8 Å². The maximum absolute atomic E-state index is 13.8. The summed E-state index contributed by atoms with van der Waals surface area (Å²) < 4.78 is 27.0. The van der Waals surface area contributed by atoms with Gasteiger partial charge in [0.05, 0.1) is 22.0 Å². The van der Waals surface area contributed by atoms with E-state index >= 15 is 0 Å². The van der Waals surface area contributed by atoms with Crippen LogP contribution in [0.3, 0.4) is 0 Å². The number of amides is 2. The second kappa shape index (κ2) is 11.9. The molecule has 1 N–H and O–H groups in total. The van der Waals surface area contributed by atoms with Gasteiger partial charge in [0, 0.05) is 18.0 Å². The van der Waals surface area contributed by atoms with E-state index in [1.54, 1.807) is 37.3 Å². The van der Waals surface area contributed by atoms with E-state index in [9.17, 15) is 18.0 Å². The summed E-state index contributed by atoms with van der Waals surface area (Å²) in [5.74, 6) is -0.787. The molecule has 10 heteroatoms. The number of halogens is 2. The maximum atomic E-state index is 13.8. The number of fused-ring (bicyclic) bond motifs is 1. The van der Waals surface area contributed by atoms with Gasteiger partial charge in [-0.1, -0.05) is 78.5 Å². The first-order valence-electron chi connectivity index (χ1n) is 12.5. The number of sulfonamides is 1. The first-order valence-corrected chi connectivity index (χ1v) is 15.1. The fourth-order valence-electron chi connectivity index (χ4n) is 4.83. The van der Waals surface area contributed by atoms with Gasteiger partial charge in [0.1, 0.15) is 12.6 Å². The monoisotopic (exact) mass is 575 g/mol. The lowest BCUT2D eigenvalue weighted by molar-refractivity contribution is -0.139. The van der Waals surface area contributed by atoms with Crippen molar-refractivity contribution >= 4 is 61.5 Å². The molecule has 2 amide bonds. The van der Waals surface area contributed by atoms with Crippen LogP contribution in [0.2, 0.25) is 10.0 Å². The van der Waals surface area contributed by atoms with Gasteiger partial charge >= 0.3 is 0 Å². The van der Waals surface area contributed by atoms with Crippen LogP contribution in [0, 0.1) is 0 Å². The highest BCUT2D eigenvalue weighted by atomic mass is 35.5. The minimum Gasteiger partial charge on any atom is -0.352 e. The SMILES string of the molecule is C[C@H](C(=O)NC1CCCC1)N(Cc1ccc(Cl)c(Cl)c1)C(=O)CN(c1cccc2ccccc12)S(C)(=O)=O. The number of nitrogens with zero attached hydrogens (tertiary/aromatic N) is 2. The molecule has 7 nitrogen and oxygen atoms in total. The normalized spacial score (nSPS) is 14.8. The van der Waals surface area contributed by atoms with Crippen LogP contribution in [0.25, 0.3) is 10.8 Å². The van der Waals surface area contributed by atoms with Crippen LogP contribution in [0.15, 0.2) is 60.7 Å². The summed E-state index contributed by atoms with van der Waals surface area (Å²) in [5.41, 5.74) is 1.07. The lowest BCUT2D eigenvalue weighted by Gasteiger charge is -2.32. The van der Waals surface area contributed by atoms with Crippen LogP contribution in [0.1, 0.15) is 38.2 Å². The van der Waals surface area contributed by atoms with Crippen LogP contribution in [0.4, 0.5) is 5.69 Å². The van der Waals surface area contributed by atoms with E-state index < -0.39 is 28.5 Å². The van der Waals surface area contributed by atoms with Crippen molar-refractivity contribution in [3.63, 3.8) is 0 Å². The van der Waals surface area contributed by atoms with Crippen molar-refractivity contribution in [2.75, 3.05) is 17.1 Å². The zero-order chi connectivity index (χ0) is 27.4. The van der Waals surface area contributed by atoms with E-state index in [4.69, 9.17) is 23.2 Å². The number of rotatable bonds is 9. The quantitative estimate of drug-likeness (QED) is 0.370. The van der Waals surface area contributed by atoms with Crippen molar-refractivity contribution in [1.82, 2.24) is 10.2 Å². The molecule has 0 unspecified atom stereocenters. The molecule has 38 heavy (non-hydrogen) atoms. The molecular weight excluding hydrogens is 545 g/mol. The van der Waals surface area contributed by atoms with Crippen LogP contribution in [0.5, 0.6) is 0 Å². The number of benzene rings is 3. The highest BCUT2D eigenvalue weighted by Gasteiger charge is 2.32. The molecule has 0 aliphatic heterocycles. The van der Waals surface area contributed by atoms with Gasteiger partial charge < -0.3 is 10.2 Å². The van der Waals surface area contributed by atoms with E-state index in [-0.39, 0.29) is 18.5 Å². The van der Waals surface area contributed by atoms with Crippen molar-refractivity contribution in [2.45, 2.75) is 51.2 Å². The molecule has 0 radical (unpaired) electrons. The predicted octanol–water partition coefficient (Wildman–Crippen LogP) is 5.39. The number of anilines is 1. The average molecular weight is 577 g/mol. The third kappa shape index (κ3) is 6.60. The van der Waals surface area contributed by atoms with Gasteiger partial charge in [-0.25, -0.2) is 8.42 Å². The van der Waals surface area contributed by atoms with Gasteiger partial charge in [0.25, 0.3) is 0 Å². The second-order valence-corrected chi connectivity index (χ2v) is 12.4. The molecule has 0 saturated heterocycles. The van der Waals surface area contributed by atoms with Crippen LogP contribution in [-0.2, 0) is 26.2 Å². The Labute approximate surface area is 233 Å². The van der Waals surface area contributed by atoms with Crippen LogP contribution < -0.4 is 9.62 Å². The van der Waals surface area contributed by atoms with Crippen molar-refractivity contribution < 1.29 is 18.0 Å². The minimum atomic E-state index is -3.84. The molecule has 0 heterocycles. The van der Waals surface area contributed by atoms with Gasteiger partial charge in [-0.15, -0.1) is 0 Å². The lowest BCUT2D eigenvalue weighted by Crippen LogP contribution is -2.52. The molecule has 1 saturated carbocycles. The zero-order valence-electron chi connectivity index (χ0n) is 21.4. The Morgan fingerprint density at radius 3 is 2.37 bits per heavy atom. The molecule has 1 atom stereocenters. The Balaban J connectivity index is 1.67. The van der Waals surface area contributed by atoms with Gasteiger partial charge in [-0.3, -0.25) is 13.9 Å². The largest absolute Gasteiger partial charge is 0.352 e. The molecule has 1 aliphatic rings. The number of carbonyl (C=O) groups excluding carboxylic acids is 2. The number of nitrogens with one attached hydrogen (secondary N) is 1. The van der Waals surface area contributed by atoms with Gasteiger partial charge in [0.15, 0.2) is 0 Å². The summed E-state index contributed by atoms with van der Waals surface area (Å²) >= 11 is 12.3. The third-order valence-corrected chi connectivity index (χ3v) is 8.79. The van der Waals surface area contributed by atoms with Crippen molar-refractivity contribution in [2.24, 2.45) is 0 Å². The summed E-state index contributed by atoms with van der Waals surface area (Å²) in [4.78, 5) is 28.4. The first-order chi connectivity index (χ1) is 18.0. The molecule has 0 bridgehead atoms. The molecular formula is C28H31Cl2N3O4S. The number of hydrogen-bond donors (Lipinski definition) is 1. The third-order valence-electron chi connectivity index (χ3n) is 6.92. The zero-order valence-corrected chi connectivity index (χ0v) is 23.7. The van der Waals surface area contributed by atoms with E-state index in [2.05, 4.69) is 5.32 Å². The molecule has 1 aliphatic carbocycles. The van der Waals surface area contributed by atoms with Crippen LogP contribution >= 0.6 is 23.2 Å². The molecule has 1 fully saturated rings. The summed E-state index contributed by atoms with van der Waals surface area (Å²) in [6.45, 7) is 1.25. The smallest absolute Gasteiger partial charge is 0.244 e. The Morgan fingerprint density at radius 1 is 1.00 bits per heavy atom. The minimum absolute atomic E-state index is 0.0577. The standard InChI is InChI=1S/C28H31Cl2N3O4S/c1-19(28(35)31-22-10-4-5-11-22)32(17-20-14-15-24(29)25(30)16-20)27(34)18-33(38(2,36)37)26-13-7-9-21-8-3-6-12-23(21)26/h3,6-9,12-16,19,22H,4-5,10-11,17-18H2,1-2H3,(H,31,35)/t19-/m1/s1. The van der Waals surface area contributed by atoms with Gasteiger partial charge in [-0.2, -0.15) is 0 Å². The van der Waals surface area contributed by atoms with E-state index in [1.165, 1.54) is 4.90 Å². The Kier molecular flexibility index (Phi) is 8.85. The summed E-state index contributed by atoms with van der Waals surface area (Å²) in [7, 11) is -3.84. The second-order valence-electron chi connectivity index (χ2n) is 9.70. The summed E-state index contributed by atoms with van der Waals surface area (Å²) in [6, 6.07) is 16.9. The highest BCUT2D eigenvalue weighted by Crippen LogP contribution is 2.29. The molecule has 202 valence electrons. The summed E-state index contributed by atoms with van der Waals surface area (Å²) in [5, 5.41) is 5.30. The Bertz CT molecular complexity index is 1440. The Hall–Kier alpha value is -2.81. The predicted molar refractivity (Wildman–Crippen MR) is 153 cm³/mol. The van der Waals surface area contributed by atoms with E-state index in [1.807, 2.05) is 30.3 Å². The van der Waals surface area contributed by atoms with Crippen LogP contribution in [-0.4, -0.2) is 50.0 Å². The molecule has 3 aromatic rings. The van der Waals surface area contributed by atoms with Crippen molar-refractivity contribution in [1.29, 1.82) is 0 Å².